The maximum absolute atomic E-state index is 5.60. The van der Waals surface area contributed by atoms with Crippen LogP contribution >= 0.6 is 0 Å². The summed E-state index contributed by atoms with van der Waals surface area (Å²) in [6.45, 7) is 4.48. The molecule has 3 rings (SSSR count). The normalized spacial score (nSPS) is 11.2. The Labute approximate surface area is 226 Å². The Balaban J connectivity index is 1.23. The minimum Gasteiger partial charge on any atom is -0.496 e. The van der Waals surface area contributed by atoms with Crippen molar-refractivity contribution in [2.24, 2.45) is 0 Å². The Morgan fingerprint density at radius 1 is 0.541 bits per heavy atom. The minimum absolute atomic E-state index is 0.504. The van der Waals surface area contributed by atoms with Gasteiger partial charge in [-0.1, -0.05) is 114 Å². The number of hydrogen-bond donors (Lipinski definition) is 0. The zero-order valence-corrected chi connectivity index (χ0v) is 23.7. The molecule has 3 aromatic carbocycles. The number of rotatable bonds is 17. The summed E-state index contributed by atoms with van der Waals surface area (Å²) in [6.07, 6.45) is 15.8. The first-order valence-corrected chi connectivity index (χ1v) is 14.5. The van der Waals surface area contributed by atoms with Crippen molar-refractivity contribution in [1.29, 1.82) is 0 Å². The molecule has 2 heteroatoms. The van der Waals surface area contributed by atoms with Gasteiger partial charge in [-0.2, -0.15) is 0 Å². The lowest BCUT2D eigenvalue weighted by Gasteiger charge is -2.13. The third-order valence-corrected chi connectivity index (χ3v) is 7.45. The highest BCUT2D eigenvalue weighted by molar-refractivity contribution is 5.71. The summed E-state index contributed by atoms with van der Waals surface area (Å²) in [5, 5.41) is 0. The van der Waals surface area contributed by atoms with Gasteiger partial charge in [-0.15, -0.1) is 0 Å². The summed E-state index contributed by atoms with van der Waals surface area (Å²) in [5.41, 5.74) is 6.62. The summed E-state index contributed by atoms with van der Waals surface area (Å²) in [6, 6.07) is 23.9. The molecule has 0 aliphatic rings. The van der Waals surface area contributed by atoms with Gasteiger partial charge < -0.3 is 9.47 Å². The molecular formula is C35H48O2. The maximum Gasteiger partial charge on any atom is 0.126 e. The molecule has 0 spiro atoms. The van der Waals surface area contributed by atoms with E-state index < -0.39 is 0 Å². The lowest BCUT2D eigenvalue weighted by Crippen LogP contribution is -1.96. The predicted octanol–water partition coefficient (Wildman–Crippen LogP) is 10.2. The first kappa shape index (κ1) is 28.8. The largest absolute Gasteiger partial charge is 0.496 e. The van der Waals surface area contributed by atoms with E-state index in [1.165, 1.54) is 98.4 Å². The molecule has 0 bridgehead atoms. The molecule has 37 heavy (non-hydrogen) atoms. The van der Waals surface area contributed by atoms with Crippen LogP contribution in [0.15, 0.2) is 66.7 Å². The average molecular weight is 501 g/mol. The van der Waals surface area contributed by atoms with Crippen molar-refractivity contribution in [3.8, 4) is 22.6 Å². The first-order chi connectivity index (χ1) is 18.1. The zero-order valence-electron chi connectivity index (χ0n) is 23.7. The van der Waals surface area contributed by atoms with E-state index in [1.807, 2.05) is 0 Å². The van der Waals surface area contributed by atoms with E-state index in [0.29, 0.717) is 5.92 Å². The van der Waals surface area contributed by atoms with Crippen LogP contribution in [0.25, 0.3) is 11.1 Å². The number of benzene rings is 3. The fourth-order valence-electron chi connectivity index (χ4n) is 5.22. The second-order valence-corrected chi connectivity index (χ2v) is 10.7. The number of unbranched alkanes of at least 4 members (excludes halogenated alkanes) is 9. The summed E-state index contributed by atoms with van der Waals surface area (Å²) in [4.78, 5) is 0. The van der Waals surface area contributed by atoms with Crippen LogP contribution in [0.4, 0.5) is 0 Å². The fraction of sp³-hybridized carbons (Fsp3) is 0.486. The van der Waals surface area contributed by atoms with E-state index in [9.17, 15) is 0 Å². The third kappa shape index (κ3) is 9.58. The molecule has 0 aliphatic carbocycles. The quantitative estimate of drug-likeness (QED) is 0.172. The molecule has 2 nitrogen and oxygen atoms in total. The van der Waals surface area contributed by atoms with Crippen molar-refractivity contribution in [3.05, 3.63) is 83.4 Å². The van der Waals surface area contributed by atoms with E-state index >= 15 is 0 Å². The molecular weight excluding hydrogens is 452 g/mol. The molecule has 0 amide bonds. The molecule has 0 heterocycles. The van der Waals surface area contributed by atoms with Crippen molar-refractivity contribution in [1.82, 2.24) is 0 Å². The van der Waals surface area contributed by atoms with Gasteiger partial charge in [0.1, 0.15) is 11.5 Å². The average Bonchev–Trinajstić information content (AvgIpc) is 2.93. The van der Waals surface area contributed by atoms with Gasteiger partial charge in [0.25, 0.3) is 0 Å². The SMILES string of the molecule is COc1ccc(CCCCCCCCCCCCc2ccc(OC)c(C(C)C)c2)cc1-c1ccccc1. The van der Waals surface area contributed by atoms with Crippen molar-refractivity contribution in [3.63, 3.8) is 0 Å². The molecule has 0 unspecified atom stereocenters. The second-order valence-electron chi connectivity index (χ2n) is 10.7. The Morgan fingerprint density at radius 3 is 1.54 bits per heavy atom. The zero-order chi connectivity index (χ0) is 26.3. The minimum atomic E-state index is 0.504. The second kappa shape index (κ2) is 16.2. The van der Waals surface area contributed by atoms with Crippen molar-refractivity contribution in [2.75, 3.05) is 14.2 Å². The molecule has 0 aromatic heterocycles. The van der Waals surface area contributed by atoms with Gasteiger partial charge in [0.15, 0.2) is 0 Å². The molecule has 0 saturated carbocycles. The fourth-order valence-corrected chi connectivity index (χ4v) is 5.22. The Hall–Kier alpha value is -2.74. The third-order valence-electron chi connectivity index (χ3n) is 7.45. The van der Waals surface area contributed by atoms with Gasteiger partial charge in [-0.25, -0.2) is 0 Å². The lowest BCUT2D eigenvalue weighted by molar-refractivity contribution is 0.407. The topological polar surface area (TPSA) is 18.5 Å². The van der Waals surface area contributed by atoms with Gasteiger partial charge in [-0.05, 0) is 72.1 Å². The molecule has 0 saturated heterocycles. The van der Waals surface area contributed by atoms with Crippen LogP contribution < -0.4 is 9.47 Å². The predicted molar refractivity (Wildman–Crippen MR) is 159 cm³/mol. The van der Waals surface area contributed by atoms with Crippen molar-refractivity contribution in [2.45, 2.75) is 96.8 Å². The van der Waals surface area contributed by atoms with E-state index in [1.54, 1.807) is 14.2 Å². The standard InChI is InChI=1S/C35H48O2/c1-28(2)32-26-29(22-24-34(32)36-3)18-14-11-9-7-5-6-8-10-12-15-19-30-23-25-35(37-4)33(27-30)31-20-16-13-17-21-31/h13,16-17,20-28H,5-12,14-15,18-19H2,1-4H3. The summed E-state index contributed by atoms with van der Waals surface area (Å²) in [5.74, 6) is 2.48. The molecule has 200 valence electrons. The first-order valence-electron chi connectivity index (χ1n) is 14.5. The molecule has 0 aliphatic heterocycles. The highest BCUT2D eigenvalue weighted by Crippen LogP contribution is 2.31. The Morgan fingerprint density at radius 2 is 1.03 bits per heavy atom. The monoisotopic (exact) mass is 500 g/mol. The van der Waals surface area contributed by atoms with Crippen molar-refractivity contribution >= 4 is 0 Å². The summed E-state index contributed by atoms with van der Waals surface area (Å²) >= 11 is 0. The van der Waals surface area contributed by atoms with Crippen LogP contribution in [0, 0.1) is 0 Å². The lowest BCUT2D eigenvalue weighted by atomic mass is 9.97. The van der Waals surface area contributed by atoms with Gasteiger partial charge >= 0.3 is 0 Å². The van der Waals surface area contributed by atoms with Crippen LogP contribution in [-0.4, -0.2) is 14.2 Å². The number of hydrogen-bond acceptors (Lipinski definition) is 2. The van der Waals surface area contributed by atoms with Crippen LogP contribution in [0.5, 0.6) is 11.5 Å². The molecule has 0 N–H and O–H groups in total. The Kier molecular flexibility index (Phi) is 12.6. The highest BCUT2D eigenvalue weighted by atomic mass is 16.5. The summed E-state index contributed by atoms with van der Waals surface area (Å²) in [7, 11) is 3.52. The number of ether oxygens (including phenoxy) is 2. The van der Waals surface area contributed by atoms with Gasteiger partial charge in [0.05, 0.1) is 14.2 Å². The highest BCUT2D eigenvalue weighted by Gasteiger charge is 2.09. The number of methoxy groups -OCH3 is 2. The molecule has 0 fully saturated rings. The van der Waals surface area contributed by atoms with Crippen LogP contribution in [0.3, 0.4) is 0 Å². The molecule has 0 atom stereocenters. The molecule has 0 radical (unpaired) electrons. The van der Waals surface area contributed by atoms with Crippen LogP contribution in [0.2, 0.25) is 0 Å². The van der Waals surface area contributed by atoms with E-state index in [-0.39, 0.29) is 0 Å². The van der Waals surface area contributed by atoms with Gasteiger partial charge in [0.2, 0.25) is 0 Å². The van der Waals surface area contributed by atoms with Gasteiger partial charge in [-0.3, -0.25) is 0 Å². The van der Waals surface area contributed by atoms with Crippen LogP contribution in [-0.2, 0) is 12.8 Å². The van der Waals surface area contributed by atoms with Crippen LogP contribution in [0.1, 0.15) is 101 Å². The van der Waals surface area contributed by atoms with E-state index in [2.05, 4.69) is 80.6 Å². The van der Waals surface area contributed by atoms with E-state index in [0.717, 1.165) is 17.9 Å². The van der Waals surface area contributed by atoms with Gasteiger partial charge in [0, 0.05) is 5.56 Å². The van der Waals surface area contributed by atoms with Crippen molar-refractivity contribution < 1.29 is 9.47 Å². The van der Waals surface area contributed by atoms with E-state index in [4.69, 9.17) is 9.47 Å². The number of aryl methyl sites for hydroxylation is 2. The summed E-state index contributed by atoms with van der Waals surface area (Å²) < 4.78 is 11.1. The smallest absolute Gasteiger partial charge is 0.126 e. The maximum atomic E-state index is 5.60. The Bertz CT molecular complexity index is 1040. The molecule has 3 aromatic rings.